The van der Waals surface area contributed by atoms with Crippen molar-refractivity contribution in [3.8, 4) is 11.5 Å². The molecule has 0 aliphatic carbocycles. The molecule has 0 atom stereocenters. The Hall–Kier alpha value is -4.38. The zero-order valence-electron chi connectivity index (χ0n) is 21.4. The Morgan fingerprint density at radius 1 is 0.947 bits per heavy atom. The molecule has 1 heterocycles. The zero-order chi connectivity index (χ0) is 27.5. The van der Waals surface area contributed by atoms with E-state index in [-0.39, 0.29) is 28.2 Å². The molecule has 0 saturated carbocycles. The first-order valence-electron chi connectivity index (χ1n) is 11.9. The zero-order valence-corrected chi connectivity index (χ0v) is 22.3. The molecular formula is C27H29N5O5S. The lowest BCUT2D eigenvalue weighted by atomic mass is 9.89. The maximum atomic E-state index is 13.4. The molecular weight excluding hydrogens is 506 g/mol. The number of nitrogens with zero attached hydrogens (tertiary/aromatic N) is 2. The molecule has 0 aliphatic heterocycles. The van der Waals surface area contributed by atoms with Crippen molar-refractivity contribution in [1.82, 2.24) is 9.97 Å². The van der Waals surface area contributed by atoms with Crippen molar-refractivity contribution in [1.29, 1.82) is 0 Å². The van der Waals surface area contributed by atoms with Crippen LogP contribution in [0.1, 0.15) is 27.2 Å². The number of sulfonamides is 1. The van der Waals surface area contributed by atoms with Crippen LogP contribution in [0, 0.1) is 5.41 Å². The number of hydrogen-bond acceptors (Lipinski definition) is 8. The van der Waals surface area contributed by atoms with Crippen LogP contribution in [0.4, 0.5) is 23.0 Å². The van der Waals surface area contributed by atoms with Gasteiger partial charge in [0.1, 0.15) is 11.5 Å². The highest BCUT2D eigenvalue weighted by Gasteiger charge is 2.26. The second-order valence-corrected chi connectivity index (χ2v) is 11.0. The lowest BCUT2D eigenvalue weighted by molar-refractivity contribution is -0.124. The first-order chi connectivity index (χ1) is 18.0. The fourth-order valence-corrected chi connectivity index (χ4v) is 4.51. The van der Waals surface area contributed by atoms with Gasteiger partial charge in [-0.3, -0.25) is 9.52 Å². The maximum Gasteiger partial charge on any atom is 0.263 e. The summed E-state index contributed by atoms with van der Waals surface area (Å²) < 4.78 is 34.5. The van der Waals surface area contributed by atoms with Crippen LogP contribution in [0.25, 0.3) is 11.0 Å². The highest BCUT2D eigenvalue weighted by atomic mass is 32.2. The second-order valence-electron chi connectivity index (χ2n) is 9.28. The number of fused-ring (bicyclic) bond motifs is 1. The van der Waals surface area contributed by atoms with Crippen LogP contribution in [0.2, 0.25) is 0 Å². The Bertz CT molecular complexity index is 1610. The molecule has 38 heavy (non-hydrogen) atoms. The van der Waals surface area contributed by atoms with Gasteiger partial charge < -0.3 is 20.5 Å². The Labute approximate surface area is 221 Å². The summed E-state index contributed by atoms with van der Waals surface area (Å²) in [4.78, 5) is 21.6. The Morgan fingerprint density at radius 2 is 1.63 bits per heavy atom. The van der Waals surface area contributed by atoms with E-state index >= 15 is 0 Å². The maximum absolute atomic E-state index is 13.4. The highest BCUT2D eigenvalue weighted by Crippen LogP contribution is 2.31. The summed E-state index contributed by atoms with van der Waals surface area (Å²) in [6.07, 6.45) is 0.625. The molecule has 10 nitrogen and oxygen atoms in total. The first kappa shape index (κ1) is 26.7. The van der Waals surface area contributed by atoms with Crippen LogP contribution in [0.5, 0.6) is 11.5 Å². The van der Waals surface area contributed by atoms with Gasteiger partial charge in [-0.15, -0.1) is 0 Å². The summed E-state index contributed by atoms with van der Waals surface area (Å²) in [6.45, 7) is 5.55. The van der Waals surface area contributed by atoms with Crippen LogP contribution >= 0.6 is 0 Å². The van der Waals surface area contributed by atoms with E-state index in [1.54, 1.807) is 42.5 Å². The molecule has 11 heteroatoms. The predicted molar refractivity (Wildman–Crippen MR) is 147 cm³/mol. The average molecular weight is 536 g/mol. The summed E-state index contributed by atoms with van der Waals surface area (Å²) in [6, 6.07) is 17.5. The smallest absolute Gasteiger partial charge is 0.263 e. The van der Waals surface area contributed by atoms with E-state index in [0.29, 0.717) is 34.6 Å². The quantitative estimate of drug-likeness (QED) is 0.227. The average Bonchev–Trinajstić information content (AvgIpc) is 2.88. The van der Waals surface area contributed by atoms with Gasteiger partial charge in [0, 0.05) is 35.0 Å². The molecule has 198 valence electrons. The van der Waals surface area contributed by atoms with Crippen molar-refractivity contribution in [3.63, 3.8) is 0 Å². The summed E-state index contributed by atoms with van der Waals surface area (Å²) in [5.74, 6) is 0.207. The minimum absolute atomic E-state index is 0.0483. The van der Waals surface area contributed by atoms with Crippen molar-refractivity contribution in [2.45, 2.75) is 32.1 Å². The Balaban J connectivity index is 1.70. The molecule has 1 amide bonds. The van der Waals surface area contributed by atoms with Gasteiger partial charge >= 0.3 is 0 Å². The molecule has 1 aromatic heterocycles. The largest absolute Gasteiger partial charge is 0.508 e. The van der Waals surface area contributed by atoms with E-state index in [1.165, 1.54) is 31.4 Å². The molecule has 0 saturated heterocycles. The third-order valence-corrected chi connectivity index (χ3v) is 7.43. The van der Waals surface area contributed by atoms with Gasteiger partial charge in [0.25, 0.3) is 10.0 Å². The lowest BCUT2D eigenvalue weighted by Crippen LogP contribution is -2.30. The minimum Gasteiger partial charge on any atom is -0.508 e. The van der Waals surface area contributed by atoms with Crippen molar-refractivity contribution < 1.29 is 23.1 Å². The molecule has 0 radical (unpaired) electrons. The van der Waals surface area contributed by atoms with Crippen molar-refractivity contribution >= 4 is 50.0 Å². The Kier molecular flexibility index (Phi) is 7.40. The standard InChI is InChI=1S/C27H29N5O5S/c1-5-27(2,3)26(34)29-17-9-8-10-21(15-17)38(35,36)32-25-24(30-22-11-6-7-12-23(22)31-25)28-18-13-19(33)16-20(14-18)37-4/h6-16,33H,5H2,1-4H3,(H,28,30)(H,29,34)(H,31,32). The predicted octanol–water partition coefficient (Wildman–Crippen LogP) is 5.26. The number of benzene rings is 3. The number of para-hydroxylation sites is 2. The summed E-state index contributed by atoms with van der Waals surface area (Å²) in [7, 11) is -2.67. The van der Waals surface area contributed by atoms with E-state index in [0.717, 1.165) is 0 Å². The number of nitrogens with one attached hydrogen (secondary N) is 3. The highest BCUT2D eigenvalue weighted by molar-refractivity contribution is 7.92. The number of phenolic OH excluding ortho intramolecular Hbond substituents is 1. The van der Waals surface area contributed by atoms with Gasteiger partial charge in [-0.1, -0.05) is 39.0 Å². The number of aromatic nitrogens is 2. The van der Waals surface area contributed by atoms with Crippen molar-refractivity contribution in [2.24, 2.45) is 5.41 Å². The van der Waals surface area contributed by atoms with Crippen molar-refractivity contribution in [2.75, 3.05) is 22.5 Å². The number of aromatic hydroxyl groups is 1. The normalized spacial score (nSPS) is 11.7. The van der Waals surface area contributed by atoms with E-state index in [2.05, 4.69) is 25.3 Å². The fourth-order valence-electron chi connectivity index (χ4n) is 3.46. The van der Waals surface area contributed by atoms with Gasteiger partial charge in [-0.2, -0.15) is 0 Å². The number of rotatable bonds is 9. The number of amides is 1. The molecule has 0 aliphatic rings. The number of anilines is 4. The summed E-state index contributed by atoms with van der Waals surface area (Å²) in [5.41, 5.74) is 1.17. The molecule has 0 unspecified atom stereocenters. The number of methoxy groups -OCH3 is 1. The number of carbonyl (C=O) groups excluding carboxylic acids is 1. The summed E-state index contributed by atoms with van der Waals surface area (Å²) >= 11 is 0. The molecule has 0 spiro atoms. The molecule has 0 fully saturated rings. The monoisotopic (exact) mass is 535 g/mol. The molecule has 4 rings (SSSR count). The van der Waals surface area contributed by atoms with E-state index in [1.807, 2.05) is 20.8 Å². The second kappa shape index (κ2) is 10.5. The third-order valence-electron chi connectivity index (χ3n) is 6.09. The number of hydrogen-bond donors (Lipinski definition) is 4. The van der Waals surface area contributed by atoms with Gasteiger partial charge in [0.15, 0.2) is 11.6 Å². The van der Waals surface area contributed by atoms with Crippen LogP contribution in [0.3, 0.4) is 0 Å². The summed E-state index contributed by atoms with van der Waals surface area (Å²) in [5, 5.41) is 15.8. The first-order valence-corrected chi connectivity index (χ1v) is 13.4. The fraction of sp³-hybridized carbons (Fsp3) is 0.222. The van der Waals surface area contributed by atoms with Gasteiger partial charge in [-0.05, 0) is 36.8 Å². The van der Waals surface area contributed by atoms with E-state index < -0.39 is 15.4 Å². The molecule has 3 aromatic carbocycles. The van der Waals surface area contributed by atoms with Crippen molar-refractivity contribution in [3.05, 3.63) is 66.7 Å². The number of ether oxygens (including phenoxy) is 1. The van der Waals surface area contributed by atoms with Crippen LogP contribution in [-0.2, 0) is 14.8 Å². The van der Waals surface area contributed by atoms with Crippen LogP contribution < -0.4 is 20.1 Å². The van der Waals surface area contributed by atoms with Crippen LogP contribution in [0.15, 0.2) is 71.6 Å². The van der Waals surface area contributed by atoms with Crippen LogP contribution in [-0.4, -0.2) is 36.5 Å². The SMILES string of the molecule is CCC(C)(C)C(=O)Nc1cccc(S(=O)(=O)Nc2nc3ccccc3nc2Nc2cc(O)cc(OC)c2)c1. The third kappa shape index (κ3) is 5.94. The lowest BCUT2D eigenvalue weighted by Gasteiger charge is -2.21. The van der Waals surface area contributed by atoms with Gasteiger partial charge in [0.2, 0.25) is 5.91 Å². The number of carbonyl (C=O) groups is 1. The molecule has 4 aromatic rings. The minimum atomic E-state index is -4.13. The Morgan fingerprint density at radius 3 is 2.29 bits per heavy atom. The number of phenols is 1. The molecule has 4 N–H and O–H groups in total. The van der Waals surface area contributed by atoms with Gasteiger partial charge in [0.05, 0.1) is 23.0 Å². The van der Waals surface area contributed by atoms with Gasteiger partial charge in [-0.25, -0.2) is 18.4 Å². The van der Waals surface area contributed by atoms with E-state index in [9.17, 15) is 18.3 Å². The van der Waals surface area contributed by atoms with E-state index in [4.69, 9.17) is 4.74 Å². The molecule has 0 bridgehead atoms. The topological polar surface area (TPSA) is 143 Å².